The molecular formula is C18H20N2O5S. The van der Waals surface area contributed by atoms with Gasteiger partial charge in [0.05, 0.1) is 4.90 Å². The molecule has 0 saturated carbocycles. The van der Waals surface area contributed by atoms with E-state index in [4.69, 9.17) is 9.47 Å². The van der Waals surface area contributed by atoms with Gasteiger partial charge in [-0.3, -0.25) is 4.79 Å². The summed E-state index contributed by atoms with van der Waals surface area (Å²) in [5.41, 5.74) is 1.04. The molecule has 1 aliphatic rings. The van der Waals surface area contributed by atoms with E-state index in [1.54, 1.807) is 30.3 Å². The van der Waals surface area contributed by atoms with E-state index in [2.05, 4.69) is 10.0 Å². The lowest BCUT2D eigenvalue weighted by Crippen LogP contribution is -2.30. The van der Waals surface area contributed by atoms with Crippen LogP contribution in [0.3, 0.4) is 0 Å². The highest BCUT2D eigenvalue weighted by molar-refractivity contribution is 7.89. The summed E-state index contributed by atoms with van der Waals surface area (Å²) in [6.45, 7) is 3.94. The first-order valence-corrected chi connectivity index (χ1v) is 9.62. The minimum atomic E-state index is -3.76. The summed E-state index contributed by atoms with van der Waals surface area (Å²) in [6, 6.07) is 11.1. The Balaban J connectivity index is 1.73. The second kappa shape index (κ2) is 7.35. The first-order valence-electron chi connectivity index (χ1n) is 8.14. The molecule has 0 unspecified atom stereocenters. The standard InChI is InChI=1S/C18H20N2O5S/c1-12(2)20-18(21)14-4-3-5-15(9-14)26(22,23)19-10-13-6-7-16-17(8-13)25-11-24-16/h3-9,12,19H,10-11H2,1-2H3,(H,20,21). The van der Waals surface area contributed by atoms with E-state index >= 15 is 0 Å². The number of sulfonamides is 1. The highest BCUT2D eigenvalue weighted by Crippen LogP contribution is 2.32. The Kier molecular flexibility index (Phi) is 5.15. The number of fused-ring (bicyclic) bond motifs is 1. The summed E-state index contributed by atoms with van der Waals surface area (Å²) >= 11 is 0. The second-order valence-electron chi connectivity index (χ2n) is 6.17. The highest BCUT2D eigenvalue weighted by Gasteiger charge is 2.18. The molecule has 0 aromatic heterocycles. The largest absolute Gasteiger partial charge is 0.454 e. The van der Waals surface area contributed by atoms with Crippen molar-refractivity contribution < 1.29 is 22.7 Å². The maximum absolute atomic E-state index is 12.5. The molecule has 2 aromatic rings. The number of benzene rings is 2. The Morgan fingerprint density at radius 2 is 1.88 bits per heavy atom. The van der Waals surface area contributed by atoms with Crippen LogP contribution in [0, 0.1) is 0 Å². The molecule has 7 nitrogen and oxygen atoms in total. The van der Waals surface area contributed by atoms with E-state index in [1.807, 2.05) is 13.8 Å². The van der Waals surface area contributed by atoms with Crippen molar-refractivity contribution >= 4 is 15.9 Å². The van der Waals surface area contributed by atoms with Gasteiger partial charge in [0.2, 0.25) is 16.8 Å². The van der Waals surface area contributed by atoms with Gasteiger partial charge in [0, 0.05) is 18.2 Å². The predicted molar refractivity (Wildman–Crippen MR) is 95.6 cm³/mol. The maximum Gasteiger partial charge on any atom is 0.251 e. The number of hydrogen-bond acceptors (Lipinski definition) is 5. The molecular weight excluding hydrogens is 356 g/mol. The second-order valence-corrected chi connectivity index (χ2v) is 7.94. The fourth-order valence-electron chi connectivity index (χ4n) is 2.46. The first kappa shape index (κ1) is 18.2. The molecule has 1 amide bonds. The van der Waals surface area contributed by atoms with Gasteiger partial charge >= 0.3 is 0 Å². The first-order chi connectivity index (χ1) is 12.3. The number of amides is 1. The average Bonchev–Trinajstić information content (AvgIpc) is 3.07. The third-order valence-corrected chi connectivity index (χ3v) is 5.13. The zero-order valence-electron chi connectivity index (χ0n) is 14.5. The van der Waals surface area contributed by atoms with Gasteiger partial charge in [0.25, 0.3) is 5.91 Å². The summed E-state index contributed by atoms with van der Waals surface area (Å²) < 4.78 is 38.1. The Bertz CT molecular complexity index is 925. The lowest BCUT2D eigenvalue weighted by molar-refractivity contribution is 0.0943. The van der Waals surface area contributed by atoms with Gasteiger partial charge in [-0.25, -0.2) is 13.1 Å². The summed E-state index contributed by atoms with van der Waals surface area (Å²) in [6.07, 6.45) is 0. The van der Waals surface area contributed by atoms with E-state index in [9.17, 15) is 13.2 Å². The molecule has 138 valence electrons. The van der Waals surface area contributed by atoms with Crippen LogP contribution in [-0.2, 0) is 16.6 Å². The molecule has 0 bridgehead atoms. The van der Waals surface area contributed by atoms with Gasteiger partial charge in [-0.1, -0.05) is 12.1 Å². The van der Waals surface area contributed by atoms with Crippen LogP contribution in [-0.4, -0.2) is 27.2 Å². The molecule has 2 N–H and O–H groups in total. The molecule has 0 radical (unpaired) electrons. The zero-order valence-corrected chi connectivity index (χ0v) is 15.3. The quantitative estimate of drug-likeness (QED) is 0.805. The molecule has 1 heterocycles. The predicted octanol–water partition coefficient (Wildman–Crippen LogP) is 2.03. The van der Waals surface area contributed by atoms with Crippen LogP contribution < -0.4 is 19.5 Å². The Hall–Kier alpha value is -2.58. The van der Waals surface area contributed by atoms with Gasteiger partial charge in [0.1, 0.15) is 0 Å². The normalized spacial score (nSPS) is 13.0. The zero-order chi connectivity index (χ0) is 18.7. The molecule has 0 fully saturated rings. The molecule has 8 heteroatoms. The average molecular weight is 376 g/mol. The lowest BCUT2D eigenvalue weighted by Gasteiger charge is -2.11. The summed E-state index contributed by atoms with van der Waals surface area (Å²) in [4.78, 5) is 12.1. The van der Waals surface area contributed by atoms with Gasteiger partial charge in [-0.15, -0.1) is 0 Å². The van der Waals surface area contributed by atoms with Crippen molar-refractivity contribution in [3.63, 3.8) is 0 Å². The van der Waals surface area contributed by atoms with Crippen molar-refractivity contribution in [3.05, 3.63) is 53.6 Å². The van der Waals surface area contributed by atoms with Crippen LogP contribution in [0.5, 0.6) is 11.5 Å². The van der Waals surface area contributed by atoms with Crippen LogP contribution in [0.2, 0.25) is 0 Å². The molecule has 0 aliphatic carbocycles. The van der Waals surface area contributed by atoms with Gasteiger partial charge in [-0.05, 0) is 49.7 Å². The van der Waals surface area contributed by atoms with Crippen LogP contribution in [0.15, 0.2) is 47.4 Å². The van der Waals surface area contributed by atoms with Crippen LogP contribution in [0.4, 0.5) is 0 Å². The van der Waals surface area contributed by atoms with Crippen molar-refractivity contribution in [2.24, 2.45) is 0 Å². The van der Waals surface area contributed by atoms with Gasteiger partial charge in [0.15, 0.2) is 11.5 Å². The van der Waals surface area contributed by atoms with Crippen LogP contribution >= 0.6 is 0 Å². The molecule has 2 aromatic carbocycles. The fourth-order valence-corrected chi connectivity index (χ4v) is 3.53. The summed E-state index contributed by atoms with van der Waals surface area (Å²) in [5.74, 6) is 0.919. The summed E-state index contributed by atoms with van der Waals surface area (Å²) in [5, 5.41) is 2.74. The number of ether oxygens (including phenoxy) is 2. The van der Waals surface area contributed by atoms with Crippen molar-refractivity contribution in [1.82, 2.24) is 10.0 Å². The van der Waals surface area contributed by atoms with Crippen molar-refractivity contribution in [2.75, 3.05) is 6.79 Å². The van der Waals surface area contributed by atoms with Crippen molar-refractivity contribution in [3.8, 4) is 11.5 Å². The van der Waals surface area contributed by atoms with Gasteiger partial charge in [-0.2, -0.15) is 0 Å². The van der Waals surface area contributed by atoms with E-state index in [0.29, 0.717) is 17.1 Å². The number of carbonyl (C=O) groups excluding carboxylic acids is 1. The van der Waals surface area contributed by atoms with Crippen molar-refractivity contribution in [1.29, 1.82) is 0 Å². The monoisotopic (exact) mass is 376 g/mol. The SMILES string of the molecule is CC(C)NC(=O)c1cccc(S(=O)(=O)NCc2ccc3c(c2)OCO3)c1. The molecule has 1 aliphatic heterocycles. The van der Waals surface area contributed by atoms with E-state index < -0.39 is 10.0 Å². The summed E-state index contributed by atoms with van der Waals surface area (Å²) in [7, 11) is -3.76. The Morgan fingerprint density at radius 1 is 1.12 bits per heavy atom. The number of hydrogen-bond donors (Lipinski definition) is 2. The smallest absolute Gasteiger partial charge is 0.251 e. The number of rotatable bonds is 6. The lowest BCUT2D eigenvalue weighted by atomic mass is 10.2. The minimum Gasteiger partial charge on any atom is -0.454 e. The highest BCUT2D eigenvalue weighted by atomic mass is 32.2. The number of nitrogens with one attached hydrogen (secondary N) is 2. The molecule has 0 spiro atoms. The van der Waals surface area contributed by atoms with Crippen molar-refractivity contribution in [2.45, 2.75) is 31.3 Å². The third-order valence-electron chi connectivity index (χ3n) is 3.73. The molecule has 0 saturated heterocycles. The van der Waals surface area contributed by atoms with Crippen LogP contribution in [0.1, 0.15) is 29.8 Å². The fraction of sp³-hybridized carbons (Fsp3) is 0.278. The molecule has 26 heavy (non-hydrogen) atoms. The van der Waals surface area contributed by atoms with Gasteiger partial charge < -0.3 is 14.8 Å². The molecule has 0 atom stereocenters. The minimum absolute atomic E-state index is 0.0353. The topological polar surface area (TPSA) is 93.7 Å². The van der Waals surface area contributed by atoms with E-state index in [1.165, 1.54) is 12.1 Å². The van der Waals surface area contributed by atoms with Crippen LogP contribution in [0.25, 0.3) is 0 Å². The third kappa shape index (κ3) is 4.14. The number of carbonyl (C=O) groups is 1. The van der Waals surface area contributed by atoms with E-state index in [0.717, 1.165) is 5.56 Å². The Morgan fingerprint density at radius 3 is 2.65 bits per heavy atom. The van der Waals surface area contributed by atoms with E-state index in [-0.39, 0.29) is 30.2 Å². The molecule has 3 rings (SSSR count). The Labute approximate surface area is 152 Å². The maximum atomic E-state index is 12.5.